The van der Waals surface area contributed by atoms with E-state index < -0.39 is 0 Å². The van der Waals surface area contributed by atoms with Gasteiger partial charge in [0.1, 0.15) is 17.3 Å². The number of imidazole rings is 1. The predicted octanol–water partition coefficient (Wildman–Crippen LogP) is 4.81. The summed E-state index contributed by atoms with van der Waals surface area (Å²) in [6, 6.07) is 19.0. The van der Waals surface area contributed by atoms with Gasteiger partial charge in [-0.15, -0.1) is 0 Å². The van der Waals surface area contributed by atoms with Crippen molar-refractivity contribution in [1.82, 2.24) is 19.9 Å². The number of allylic oxidation sites excluding steroid dienone is 1. The van der Waals surface area contributed by atoms with Crippen molar-refractivity contribution >= 4 is 29.2 Å². The minimum absolute atomic E-state index is 0.0123. The van der Waals surface area contributed by atoms with Crippen LogP contribution in [0.4, 0.5) is 11.5 Å². The lowest BCUT2D eigenvalue weighted by atomic mass is 10.1. The fraction of sp³-hybridized carbons (Fsp3) is 0.161. The van der Waals surface area contributed by atoms with Crippen LogP contribution in [0.25, 0.3) is 6.08 Å². The molecule has 194 valence electrons. The SMILES string of the molecule is Cc1ccc(Nc2cc(C#Cc3cnc(/C=C\C(=N)c4ccc(C(=O)N5CCOCC5)cc4)[nH]3)ccn2)cc1. The van der Waals surface area contributed by atoms with Gasteiger partial charge in [-0.25, -0.2) is 9.97 Å². The Hall–Kier alpha value is -5.00. The average molecular weight is 517 g/mol. The van der Waals surface area contributed by atoms with Crippen LogP contribution in [0, 0.1) is 24.2 Å². The quantitative estimate of drug-likeness (QED) is 0.252. The number of carbonyl (C=O) groups excluding carboxylic acids is 1. The number of hydrogen-bond donors (Lipinski definition) is 3. The number of hydrogen-bond acceptors (Lipinski definition) is 6. The first kappa shape index (κ1) is 25.6. The molecule has 8 nitrogen and oxygen atoms in total. The zero-order chi connectivity index (χ0) is 27.0. The highest BCUT2D eigenvalue weighted by Gasteiger charge is 2.18. The Morgan fingerprint density at radius 2 is 1.77 bits per heavy atom. The van der Waals surface area contributed by atoms with Crippen molar-refractivity contribution in [3.8, 4) is 11.8 Å². The van der Waals surface area contributed by atoms with Crippen molar-refractivity contribution in [3.05, 3.63) is 113 Å². The molecule has 1 amide bonds. The highest BCUT2D eigenvalue weighted by molar-refractivity contribution is 6.09. The van der Waals surface area contributed by atoms with Crippen molar-refractivity contribution in [2.24, 2.45) is 0 Å². The second kappa shape index (κ2) is 12.0. The topological polar surface area (TPSA) is 107 Å². The molecule has 0 aliphatic carbocycles. The van der Waals surface area contributed by atoms with Gasteiger partial charge in [0.2, 0.25) is 0 Å². The molecule has 5 rings (SSSR count). The number of benzene rings is 2. The number of nitrogens with one attached hydrogen (secondary N) is 3. The molecule has 39 heavy (non-hydrogen) atoms. The van der Waals surface area contributed by atoms with Crippen LogP contribution in [-0.2, 0) is 4.74 Å². The Morgan fingerprint density at radius 1 is 1.03 bits per heavy atom. The molecule has 3 N–H and O–H groups in total. The van der Waals surface area contributed by atoms with E-state index in [4.69, 9.17) is 10.1 Å². The van der Waals surface area contributed by atoms with Gasteiger partial charge < -0.3 is 25.3 Å². The van der Waals surface area contributed by atoms with Gasteiger partial charge >= 0.3 is 0 Å². The van der Waals surface area contributed by atoms with Gasteiger partial charge in [-0.3, -0.25) is 4.79 Å². The highest BCUT2D eigenvalue weighted by atomic mass is 16.5. The Morgan fingerprint density at radius 3 is 2.54 bits per heavy atom. The number of H-pyrrole nitrogens is 1. The van der Waals surface area contributed by atoms with Crippen LogP contribution in [0.15, 0.2) is 79.1 Å². The van der Waals surface area contributed by atoms with Gasteiger partial charge in [-0.2, -0.15) is 0 Å². The summed E-state index contributed by atoms with van der Waals surface area (Å²) >= 11 is 0. The number of aromatic amines is 1. The lowest BCUT2D eigenvalue weighted by Crippen LogP contribution is -2.40. The maximum atomic E-state index is 12.6. The number of anilines is 2. The number of pyridine rings is 1. The van der Waals surface area contributed by atoms with E-state index in [1.165, 1.54) is 5.56 Å². The third kappa shape index (κ3) is 6.86. The summed E-state index contributed by atoms with van der Waals surface area (Å²) in [6.45, 7) is 4.38. The first-order valence-electron chi connectivity index (χ1n) is 12.6. The number of amides is 1. The van der Waals surface area contributed by atoms with Crippen LogP contribution in [0.1, 0.15) is 38.6 Å². The van der Waals surface area contributed by atoms with Crippen molar-refractivity contribution in [2.75, 3.05) is 31.6 Å². The van der Waals surface area contributed by atoms with E-state index in [1.54, 1.807) is 53.7 Å². The Bertz CT molecular complexity index is 1550. The van der Waals surface area contributed by atoms with Gasteiger partial charge in [0.25, 0.3) is 5.91 Å². The molecule has 4 aromatic rings. The van der Waals surface area contributed by atoms with Crippen LogP contribution in [0.2, 0.25) is 0 Å². The Kier molecular flexibility index (Phi) is 7.91. The molecule has 2 aromatic heterocycles. The first-order chi connectivity index (χ1) is 19.0. The first-order valence-corrected chi connectivity index (χ1v) is 12.6. The van der Waals surface area contributed by atoms with Crippen molar-refractivity contribution < 1.29 is 9.53 Å². The monoisotopic (exact) mass is 516 g/mol. The molecule has 3 heterocycles. The van der Waals surface area contributed by atoms with Crippen LogP contribution >= 0.6 is 0 Å². The lowest BCUT2D eigenvalue weighted by Gasteiger charge is -2.26. The molecule has 8 heteroatoms. The third-order valence-corrected chi connectivity index (χ3v) is 6.17. The summed E-state index contributed by atoms with van der Waals surface area (Å²) in [5.41, 5.74) is 5.29. The van der Waals surface area contributed by atoms with Gasteiger partial charge in [0, 0.05) is 36.1 Å². The number of aryl methyl sites for hydroxylation is 1. The molecule has 1 aliphatic heterocycles. The molecule has 0 atom stereocenters. The summed E-state index contributed by atoms with van der Waals surface area (Å²) < 4.78 is 5.31. The lowest BCUT2D eigenvalue weighted by molar-refractivity contribution is 0.0303. The minimum Gasteiger partial charge on any atom is -0.378 e. The molecule has 0 radical (unpaired) electrons. The standard InChI is InChI=1S/C31H28N6O2/c1-22-2-9-26(10-3-22)35-30-20-23(14-15-33-30)4-11-27-21-34-29(36-27)13-12-28(32)24-5-7-25(8-6-24)31(38)37-16-18-39-19-17-37/h2-3,5-10,12-15,20-21,32H,16-19H2,1H3,(H,33,35)(H,34,36)/b13-12-,32-28?. The van der Waals surface area contributed by atoms with Crippen LogP contribution in [0.3, 0.4) is 0 Å². The second-order valence-corrected chi connectivity index (χ2v) is 9.08. The average Bonchev–Trinajstić information content (AvgIpc) is 3.44. The number of rotatable bonds is 6. The van der Waals surface area contributed by atoms with E-state index in [1.807, 2.05) is 36.4 Å². The molecule has 0 unspecified atom stereocenters. The van der Waals surface area contributed by atoms with Gasteiger partial charge in [0.05, 0.1) is 25.1 Å². The number of aromatic nitrogens is 3. The summed E-state index contributed by atoms with van der Waals surface area (Å²) in [4.78, 5) is 26.3. The summed E-state index contributed by atoms with van der Waals surface area (Å²) in [5.74, 6) is 7.52. The minimum atomic E-state index is -0.0123. The predicted molar refractivity (Wildman–Crippen MR) is 152 cm³/mol. The molecular formula is C31H28N6O2. The fourth-order valence-corrected chi connectivity index (χ4v) is 3.99. The molecule has 0 spiro atoms. The van der Waals surface area contributed by atoms with E-state index in [9.17, 15) is 4.79 Å². The molecule has 0 saturated carbocycles. The van der Waals surface area contributed by atoms with E-state index in [2.05, 4.69) is 39.0 Å². The highest BCUT2D eigenvalue weighted by Crippen LogP contribution is 2.16. The zero-order valence-corrected chi connectivity index (χ0v) is 21.6. The molecule has 1 aliphatic rings. The fourth-order valence-electron chi connectivity index (χ4n) is 3.99. The van der Waals surface area contributed by atoms with Crippen molar-refractivity contribution in [1.29, 1.82) is 5.41 Å². The Labute approximate surface area is 227 Å². The third-order valence-electron chi connectivity index (χ3n) is 6.17. The maximum absolute atomic E-state index is 12.6. The maximum Gasteiger partial charge on any atom is 0.254 e. The largest absolute Gasteiger partial charge is 0.378 e. The van der Waals surface area contributed by atoms with Gasteiger partial charge in [-0.05, 0) is 67.0 Å². The molecule has 0 bridgehead atoms. The number of ether oxygens (including phenoxy) is 1. The van der Waals surface area contributed by atoms with Crippen molar-refractivity contribution in [3.63, 3.8) is 0 Å². The summed E-state index contributed by atoms with van der Waals surface area (Å²) in [6.07, 6.45) is 6.78. The van der Waals surface area contributed by atoms with Crippen LogP contribution in [-0.4, -0.2) is 57.8 Å². The number of nitrogens with zero attached hydrogens (tertiary/aromatic N) is 3. The molecule has 2 aromatic carbocycles. The van der Waals surface area contributed by atoms with E-state index >= 15 is 0 Å². The van der Waals surface area contributed by atoms with E-state index in [0.717, 1.165) is 17.1 Å². The molecule has 1 fully saturated rings. The Balaban J connectivity index is 1.19. The summed E-state index contributed by atoms with van der Waals surface area (Å²) in [5, 5.41) is 11.7. The van der Waals surface area contributed by atoms with E-state index in [0.29, 0.717) is 54.7 Å². The van der Waals surface area contributed by atoms with E-state index in [-0.39, 0.29) is 5.91 Å². The second-order valence-electron chi connectivity index (χ2n) is 9.08. The van der Waals surface area contributed by atoms with Gasteiger partial charge in [-0.1, -0.05) is 35.7 Å². The van der Waals surface area contributed by atoms with Crippen LogP contribution < -0.4 is 5.32 Å². The molecular weight excluding hydrogens is 488 g/mol. The normalized spacial score (nSPS) is 13.1. The summed E-state index contributed by atoms with van der Waals surface area (Å²) in [7, 11) is 0. The van der Waals surface area contributed by atoms with Gasteiger partial charge in [0.15, 0.2) is 0 Å². The smallest absolute Gasteiger partial charge is 0.254 e. The number of morpholine rings is 1. The molecule has 1 saturated heterocycles. The van der Waals surface area contributed by atoms with Crippen molar-refractivity contribution in [2.45, 2.75) is 6.92 Å². The zero-order valence-electron chi connectivity index (χ0n) is 21.6. The number of carbonyl (C=O) groups is 1. The van der Waals surface area contributed by atoms with Crippen LogP contribution in [0.5, 0.6) is 0 Å².